The van der Waals surface area contributed by atoms with Crippen molar-refractivity contribution < 1.29 is 8.42 Å². The summed E-state index contributed by atoms with van der Waals surface area (Å²) in [6, 6.07) is 1.71. The van der Waals surface area contributed by atoms with E-state index in [4.69, 9.17) is 5.73 Å². The van der Waals surface area contributed by atoms with Crippen LogP contribution in [0, 0.1) is 5.41 Å². The zero-order valence-corrected chi connectivity index (χ0v) is 11.0. The summed E-state index contributed by atoms with van der Waals surface area (Å²) in [5.74, 6) is 0. The van der Waals surface area contributed by atoms with Gasteiger partial charge in [-0.15, -0.1) is 11.3 Å². The molecule has 0 bridgehead atoms. The highest BCUT2D eigenvalue weighted by atomic mass is 32.2. The van der Waals surface area contributed by atoms with Gasteiger partial charge in [-0.2, -0.15) is 0 Å². The number of nitrogens with one attached hydrogen (secondary N) is 1. The first-order valence-corrected chi connectivity index (χ1v) is 7.51. The average molecular weight is 260 g/mol. The summed E-state index contributed by atoms with van der Waals surface area (Å²) in [4.78, 5) is 0. The third-order valence-electron chi connectivity index (χ3n) is 2.94. The molecule has 1 aliphatic rings. The number of sulfonamides is 1. The highest BCUT2D eigenvalue weighted by Gasteiger charge is 2.48. The number of nitrogens with two attached hydrogens (primary N) is 1. The minimum Gasteiger partial charge on any atom is -0.326 e. The SMILES string of the molecule is CC1(C)CC1NS(=O)(=O)c1cc(CN)cs1. The maximum absolute atomic E-state index is 12.0. The summed E-state index contributed by atoms with van der Waals surface area (Å²) in [5, 5.41) is 1.78. The lowest BCUT2D eigenvalue weighted by molar-refractivity contribution is 0.556. The van der Waals surface area contributed by atoms with Crippen LogP contribution in [0.1, 0.15) is 25.8 Å². The maximum atomic E-state index is 12.0. The van der Waals surface area contributed by atoms with Gasteiger partial charge in [-0.1, -0.05) is 13.8 Å². The molecule has 4 nitrogen and oxygen atoms in total. The van der Waals surface area contributed by atoms with Crippen LogP contribution < -0.4 is 10.5 Å². The van der Waals surface area contributed by atoms with Crippen LogP contribution in [0.25, 0.3) is 0 Å². The molecule has 1 aromatic heterocycles. The molecule has 6 heteroatoms. The fourth-order valence-corrected chi connectivity index (χ4v) is 4.16. The summed E-state index contributed by atoms with van der Waals surface area (Å²) in [7, 11) is -3.34. The lowest BCUT2D eigenvalue weighted by atomic mass is 10.2. The number of hydrogen-bond donors (Lipinski definition) is 2. The van der Waals surface area contributed by atoms with Crippen molar-refractivity contribution in [1.29, 1.82) is 0 Å². The zero-order chi connectivity index (χ0) is 12.0. The second-order valence-electron chi connectivity index (χ2n) is 4.84. The fraction of sp³-hybridized carbons (Fsp3) is 0.600. The van der Waals surface area contributed by atoms with E-state index >= 15 is 0 Å². The van der Waals surface area contributed by atoms with E-state index in [9.17, 15) is 8.42 Å². The molecule has 1 aliphatic carbocycles. The second kappa shape index (κ2) is 3.80. The molecule has 0 saturated heterocycles. The number of thiophene rings is 1. The molecule has 1 aromatic rings. The van der Waals surface area contributed by atoms with E-state index in [-0.39, 0.29) is 11.5 Å². The van der Waals surface area contributed by atoms with Crippen LogP contribution in [0.4, 0.5) is 0 Å². The van der Waals surface area contributed by atoms with Gasteiger partial charge in [-0.25, -0.2) is 13.1 Å². The van der Waals surface area contributed by atoms with Gasteiger partial charge in [0, 0.05) is 12.6 Å². The van der Waals surface area contributed by atoms with Crippen LogP contribution in [0.5, 0.6) is 0 Å². The second-order valence-corrected chi connectivity index (χ2v) is 7.70. The molecule has 90 valence electrons. The largest absolute Gasteiger partial charge is 0.326 e. The Labute approximate surface area is 99.9 Å². The molecule has 3 N–H and O–H groups in total. The lowest BCUT2D eigenvalue weighted by Gasteiger charge is -2.05. The summed E-state index contributed by atoms with van der Waals surface area (Å²) in [6.45, 7) is 4.49. The van der Waals surface area contributed by atoms with E-state index in [1.807, 2.05) is 0 Å². The zero-order valence-electron chi connectivity index (χ0n) is 9.36. The van der Waals surface area contributed by atoms with Crippen molar-refractivity contribution in [2.75, 3.05) is 0 Å². The Morgan fingerprint density at radius 2 is 2.25 bits per heavy atom. The van der Waals surface area contributed by atoms with E-state index in [1.54, 1.807) is 11.4 Å². The molecule has 1 atom stereocenters. The van der Waals surface area contributed by atoms with Gasteiger partial charge in [-0.3, -0.25) is 0 Å². The van der Waals surface area contributed by atoms with Gasteiger partial charge in [0.05, 0.1) is 0 Å². The molecule has 0 spiro atoms. The molecule has 2 rings (SSSR count). The van der Waals surface area contributed by atoms with Crippen LogP contribution in [-0.2, 0) is 16.6 Å². The summed E-state index contributed by atoms with van der Waals surface area (Å²) < 4.78 is 27.0. The average Bonchev–Trinajstić information content (AvgIpc) is 2.68. The van der Waals surface area contributed by atoms with Gasteiger partial charge < -0.3 is 5.73 Å². The monoisotopic (exact) mass is 260 g/mol. The van der Waals surface area contributed by atoms with Crippen molar-refractivity contribution in [2.45, 2.75) is 37.1 Å². The normalized spacial score (nSPS) is 23.3. The first-order valence-electron chi connectivity index (χ1n) is 5.15. The summed E-state index contributed by atoms with van der Waals surface area (Å²) >= 11 is 1.22. The topological polar surface area (TPSA) is 72.2 Å². The third kappa shape index (κ3) is 2.29. The van der Waals surface area contributed by atoms with Crippen LogP contribution in [0.2, 0.25) is 0 Å². The van der Waals surface area contributed by atoms with Crippen LogP contribution in [0.15, 0.2) is 15.7 Å². The van der Waals surface area contributed by atoms with Gasteiger partial charge >= 0.3 is 0 Å². The Balaban J connectivity index is 2.13. The van der Waals surface area contributed by atoms with Crippen molar-refractivity contribution in [2.24, 2.45) is 11.1 Å². The van der Waals surface area contributed by atoms with E-state index in [2.05, 4.69) is 18.6 Å². The van der Waals surface area contributed by atoms with Crippen molar-refractivity contribution in [3.8, 4) is 0 Å². The molecular weight excluding hydrogens is 244 g/mol. The molecule has 1 heterocycles. The molecule has 0 aromatic carbocycles. The van der Waals surface area contributed by atoms with Crippen LogP contribution >= 0.6 is 11.3 Å². The fourth-order valence-electron chi connectivity index (χ4n) is 1.51. The molecule has 0 radical (unpaired) electrons. The van der Waals surface area contributed by atoms with Crippen LogP contribution in [0.3, 0.4) is 0 Å². The van der Waals surface area contributed by atoms with Crippen molar-refractivity contribution in [3.63, 3.8) is 0 Å². The van der Waals surface area contributed by atoms with Gasteiger partial charge in [0.25, 0.3) is 0 Å². The smallest absolute Gasteiger partial charge is 0.250 e. The summed E-state index contributed by atoms with van der Waals surface area (Å²) in [5.41, 5.74) is 6.41. The Kier molecular flexibility index (Phi) is 2.86. The quantitative estimate of drug-likeness (QED) is 0.856. The lowest BCUT2D eigenvalue weighted by Crippen LogP contribution is -2.27. The Morgan fingerprint density at radius 3 is 2.69 bits per heavy atom. The first kappa shape index (κ1) is 12.0. The highest BCUT2D eigenvalue weighted by molar-refractivity contribution is 7.91. The van der Waals surface area contributed by atoms with Gasteiger partial charge in [0.2, 0.25) is 10.0 Å². The standard InChI is InChI=1S/C10H16N2O2S2/c1-10(2)4-8(10)12-16(13,14)9-3-7(5-11)6-15-9/h3,6,8,12H,4-5,11H2,1-2H3. The van der Waals surface area contributed by atoms with Crippen molar-refractivity contribution >= 4 is 21.4 Å². The van der Waals surface area contributed by atoms with E-state index in [0.29, 0.717) is 10.8 Å². The minimum atomic E-state index is -3.34. The van der Waals surface area contributed by atoms with Crippen molar-refractivity contribution in [1.82, 2.24) is 4.72 Å². The molecule has 1 unspecified atom stereocenters. The Hall–Kier alpha value is -0.430. The Bertz CT molecular complexity index is 491. The van der Waals surface area contributed by atoms with Gasteiger partial charge in [0.15, 0.2) is 0 Å². The number of rotatable bonds is 4. The Morgan fingerprint density at radius 1 is 1.62 bits per heavy atom. The molecule has 0 aliphatic heterocycles. The van der Waals surface area contributed by atoms with E-state index in [0.717, 1.165) is 12.0 Å². The minimum absolute atomic E-state index is 0.0703. The van der Waals surface area contributed by atoms with E-state index in [1.165, 1.54) is 11.3 Å². The third-order valence-corrected chi connectivity index (χ3v) is 5.90. The molecule has 16 heavy (non-hydrogen) atoms. The van der Waals surface area contributed by atoms with Crippen LogP contribution in [-0.4, -0.2) is 14.5 Å². The van der Waals surface area contributed by atoms with Gasteiger partial charge in [-0.05, 0) is 28.8 Å². The molecular formula is C10H16N2O2S2. The molecule has 1 fully saturated rings. The number of hydrogen-bond acceptors (Lipinski definition) is 4. The van der Waals surface area contributed by atoms with Gasteiger partial charge in [0.1, 0.15) is 4.21 Å². The predicted molar refractivity (Wildman–Crippen MR) is 64.7 cm³/mol. The predicted octanol–water partition coefficient (Wildman–Crippen LogP) is 1.28. The first-order chi connectivity index (χ1) is 7.35. The highest BCUT2D eigenvalue weighted by Crippen LogP contribution is 2.45. The maximum Gasteiger partial charge on any atom is 0.250 e. The molecule has 0 amide bonds. The van der Waals surface area contributed by atoms with Crippen molar-refractivity contribution in [3.05, 3.63) is 17.0 Å². The van der Waals surface area contributed by atoms with E-state index < -0.39 is 10.0 Å². The molecule has 1 saturated carbocycles. The summed E-state index contributed by atoms with van der Waals surface area (Å²) in [6.07, 6.45) is 0.904.